The number of halogens is 1. The van der Waals surface area contributed by atoms with E-state index in [1.54, 1.807) is 24.3 Å². The van der Waals surface area contributed by atoms with Crippen LogP contribution in [-0.2, 0) is 14.2 Å². The SMILES string of the molecule is COC(=O)NCCOC(c1cccc(Cl)c1)c1cc(C(=O)O)cc(C(=O)OC)c1. The van der Waals surface area contributed by atoms with Crippen LogP contribution in [0.15, 0.2) is 42.5 Å². The van der Waals surface area contributed by atoms with Crippen molar-refractivity contribution in [2.24, 2.45) is 0 Å². The van der Waals surface area contributed by atoms with E-state index in [0.29, 0.717) is 16.1 Å². The lowest BCUT2D eigenvalue weighted by atomic mass is 9.97. The van der Waals surface area contributed by atoms with Crippen molar-refractivity contribution < 1.29 is 33.7 Å². The number of amides is 1. The zero-order valence-corrected chi connectivity index (χ0v) is 16.6. The molecule has 9 heteroatoms. The highest BCUT2D eigenvalue weighted by Crippen LogP contribution is 2.29. The van der Waals surface area contributed by atoms with Gasteiger partial charge in [-0.1, -0.05) is 23.7 Å². The van der Waals surface area contributed by atoms with Gasteiger partial charge in [0.1, 0.15) is 6.10 Å². The highest BCUT2D eigenvalue weighted by atomic mass is 35.5. The summed E-state index contributed by atoms with van der Waals surface area (Å²) in [5, 5.41) is 12.4. The molecular formula is C20H20ClNO7. The van der Waals surface area contributed by atoms with Crippen LogP contribution in [0.25, 0.3) is 0 Å². The lowest BCUT2D eigenvalue weighted by molar-refractivity contribution is 0.0598. The second-order valence-electron chi connectivity index (χ2n) is 5.86. The standard InChI is InChI=1S/C20H20ClNO7/c1-27-19(25)15-9-13(8-14(10-15)18(23)24)17(12-4-3-5-16(21)11-12)29-7-6-22-20(26)28-2/h3-5,8-11,17H,6-7H2,1-2H3,(H,22,26)(H,23,24). The van der Waals surface area contributed by atoms with Crippen LogP contribution in [-0.4, -0.2) is 50.5 Å². The summed E-state index contributed by atoms with van der Waals surface area (Å²) in [7, 11) is 2.45. The summed E-state index contributed by atoms with van der Waals surface area (Å²) >= 11 is 6.09. The van der Waals surface area contributed by atoms with Gasteiger partial charge in [0.15, 0.2) is 0 Å². The van der Waals surface area contributed by atoms with Crippen molar-refractivity contribution in [3.63, 3.8) is 0 Å². The Hall–Kier alpha value is -3.10. The lowest BCUT2D eigenvalue weighted by Gasteiger charge is -2.20. The molecule has 29 heavy (non-hydrogen) atoms. The fraction of sp³-hybridized carbons (Fsp3) is 0.250. The Morgan fingerprint density at radius 1 is 1.03 bits per heavy atom. The van der Waals surface area contributed by atoms with E-state index in [1.807, 2.05) is 0 Å². The Morgan fingerprint density at radius 3 is 2.38 bits per heavy atom. The number of hydrogen-bond acceptors (Lipinski definition) is 6. The molecule has 0 saturated carbocycles. The molecule has 0 aliphatic carbocycles. The van der Waals surface area contributed by atoms with Crippen LogP contribution >= 0.6 is 11.6 Å². The van der Waals surface area contributed by atoms with E-state index < -0.39 is 24.1 Å². The molecule has 0 aromatic heterocycles. The smallest absolute Gasteiger partial charge is 0.406 e. The third kappa shape index (κ3) is 6.20. The predicted octanol–water partition coefficient (Wildman–Crippen LogP) is 3.29. The van der Waals surface area contributed by atoms with Gasteiger partial charge in [0.05, 0.1) is 32.0 Å². The summed E-state index contributed by atoms with van der Waals surface area (Å²) in [5.74, 6) is -1.87. The number of carbonyl (C=O) groups is 3. The van der Waals surface area contributed by atoms with Crippen molar-refractivity contribution in [2.75, 3.05) is 27.4 Å². The van der Waals surface area contributed by atoms with Gasteiger partial charge >= 0.3 is 18.0 Å². The van der Waals surface area contributed by atoms with E-state index in [9.17, 15) is 19.5 Å². The first-order valence-electron chi connectivity index (χ1n) is 8.51. The van der Waals surface area contributed by atoms with Crippen LogP contribution in [0.4, 0.5) is 4.79 Å². The number of aromatic carboxylic acids is 1. The Labute approximate surface area is 172 Å². The number of carbonyl (C=O) groups excluding carboxylic acids is 2. The molecule has 0 saturated heterocycles. The van der Waals surface area contributed by atoms with Gasteiger partial charge in [-0.15, -0.1) is 0 Å². The number of carboxylic acid groups (broad SMARTS) is 1. The Bertz CT molecular complexity index is 900. The van der Waals surface area contributed by atoms with Crippen molar-refractivity contribution in [1.82, 2.24) is 5.32 Å². The quantitative estimate of drug-likeness (QED) is 0.497. The first kappa shape index (κ1) is 22.2. The maximum absolute atomic E-state index is 12.0. The van der Waals surface area contributed by atoms with Gasteiger partial charge in [0, 0.05) is 11.6 Å². The van der Waals surface area contributed by atoms with E-state index in [2.05, 4.69) is 10.1 Å². The molecule has 0 aliphatic rings. The number of rotatable bonds is 8. The predicted molar refractivity (Wildman–Crippen MR) is 104 cm³/mol. The van der Waals surface area contributed by atoms with Crippen LogP contribution in [0.3, 0.4) is 0 Å². The normalized spacial score (nSPS) is 11.4. The number of alkyl carbamates (subject to hydrolysis) is 1. The minimum atomic E-state index is -1.20. The van der Waals surface area contributed by atoms with Gasteiger partial charge in [-0.2, -0.15) is 0 Å². The molecule has 0 heterocycles. The molecule has 0 spiro atoms. The summed E-state index contributed by atoms with van der Waals surface area (Å²) < 4.78 is 15.1. The summed E-state index contributed by atoms with van der Waals surface area (Å²) in [6.45, 7) is 0.253. The minimum Gasteiger partial charge on any atom is -0.478 e. The maximum atomic E-state index is 12.0. The molecule has 1 atom stereocenters. The molecule has 154 valence electrons. The molecule has 1 unspecified atom stereocenters. The van der Waals surface area contributed by atoms with E-state index >= 15 is 0 Å². The summed E-state index contributed by atoms with van der Waals surface area (Å²) in [6.07, 6.45) is -1.34. The van der Waals surface area contributed by atoms with Crippen LogP contribution in [0.1, 0.15) is 37.9 Å². The van der Waals surface area contributed by atoms with Gasteiger partial charge < -0.3 is 24.6 Å². The van der Waals surface area contributed by atoms with E-state index in [4.69, 9.17) is 21.1 Å². The van der Waals surface area contributed by atoms with Crippen molar-refractivity contribution in [2.45, 2.75) is 6.10 Å². The molecule has 8 nitrogen and oxygen atoms in total. The molecule has 2 aromatic rings. The zero-order chi connectivity index (χ0) is 21.4. The van der Waals surface area contributed by atoms with Gasteiger partial charge in [-0.25, -0.2) is 14.4 Å². The second kappa shape index (κ2) is 10.4. The van der Waals surface area contributed by atoms with Gasteiger partial charge in [0.2, 0.25) is 0 Å². The van der Waals surface area contributed by atoms with E-state index in [0.717, 1.165) is 0 Å². The Kier molecular flexibility index (Phi) is 7.99. The van der Waals surface area contributed by atoms with Crippen molar-refractivity contribution in [3.05, 3.63) is 69.7 Å². The molecule has 0 fully saturated rings. The number of esters is 1. The highest BCUT2D eigenvalue weighted by Gasteiger charge is 2.21. The molecule has 0 aliphatic heterocycles. The van der Waals surface area contributed by atoms with Crippen LogP contribution < -0.4 is 5.32 Å². The van der Waals surface area contributed by atoms with Gasteiger partial charge in [-0.05, 0) is 41.5 Å². The molecule has 0 bridgehead atoms. The number of carboxylic acids is 1. The summed E-state index contributed by atoms with van der Waals surface area (Å²) in [6, 6.07) is 11.0. The van der Waals surface area contributed by atoms with Crippen LogP contribution in [0.5, 0.6) is 0 Å². The molecule has 0 radical (unpaired) electrons. The Balaban J connectivity index is 2.41. The van der Waals surface area contributed by atoms with Gasteiger partial charge in [-0.3, -0.25) is 0 Å². The molecular weight excluding hydrogens is 402 g/mol. The van der Waals surface area contributed by atoms with Crippen molar-refractivity contribution in [1.29, 1.82) is 0 Å². The average molecular weight is 422 g/mol. The first-order valence-corrected chi connectivity index (χ1v) is 8.89. The fourth-order valence-electron chi connectivity index (χ4n) is 2.62. The fourth-order valence-corrected chi connectivity index (χ4v) is 2.82. The largest absolute Gasteiger partial charge is 0.478 e. The number of ether oxygens (including phenoxy) is 3. The maximum Gasteiger partial charge on any atom is 0.406 e. The molecule has 1 amide bonds. The Morgan fingerprint density at radius 2 is 1.76 bits per heavy atom. The van der Waals surface area contributed by atoms with Crippen LogP contribution in [0.2, 0.25) is 5.02 Å². The van der Waals surface area contributed by atoms with E-state index in [-0.39, 0.29) is 24.3 Å². The number of methoxy groups -OCH3 is 2. The van der Waals surface area contributed by atoms with E-state index in [1.165, 1.54) is 32.4 Å². The van der Waals surface area contributed by atoms with Crippen molar-refractivity contribution in [3.8, 4) is 0 Å². The van der Waals surface area contributed by atoms with Crippen LogP contribution in [0, 0.1) is 0 Å². The topological polar surface area (TPSA) is 111 Å². The zero-order valence-electron chi connectivity index (χ0n) is 15.8. The highest BCUT2D eigenvalue weighted by molar-refractivity contribution is 6.30. The van der Waals surface area contributed by atoms with Crippen molar-refractivity contribution >= 4 is 29.6 Å². The summed E-state index contributed by atoms with van der Waals surface area (Å²) in [4.78, 5) is 34.7. The molecule has 2 N–H and O–H groups in total. The second-order valence-corrected chi connectivity index (χ2v) is 6.30. The average Bonchev–Trinajstić information content (AvgIpc) is 2.72. The third-order valence-electron chi connectivity index (χ3n) is 3.92. The number of hydrogen-bond donors (Lipinski definition) is 2. The molecule has 2 rings (SSSR count). The minimum absolute atomic E-state index is 0.0747. The summed E-state index contributed by atoms with van der Waals surface area (Å²) in [5.41, 5.74) is 1.05. The van der Waals surface area contributed by atoms with Gasteiger partial charge in [0.25, 0.3) is 0 Å². The monoisotopic (exact) mass is 421 g/mol. The number of benzene rings is 2. The number of nitrogens with one attached hydrogen (secondary N) is 1. The lowest BCUT2D eigenvalue weighted by Crippen LogP contribution is -2.27. The first-order chi connectivity index (χ1) is 13.8. The third-order valence-corrected chi connectivity index (χ3v) is 4.15. The molecule has 2 aromatic carbocycles.